The van der Waals surface area contributed by atoms with Crippen LogP contribution in [-0.4, -0.2) is 41.9 Å². The lowest BCUT2D eigenvalue weighted by molar-refractivity contribution is -0.135. The number of carbonyl (C=O) groups excluding carboxylic acids is 2. The van der Waals surface area contributed by atoms with Crippen LogP contribution < -0.4 is 11.1 Å². The number of nitrogens with zero attached hydrogens (tertiary/aromatic N) is 1. The molecule has 3 N–H and O–H groups in total. The maximum Gasteiger partial charge on any atom is 0.239 e. The number of hydrogen-bond donors (Lipinski definition) is 2. The van der Waals surface area contributed by atoms with Crippen LogP contribution in [0.3, 0.4) is 0 Å². The van der Waals surface area contributed by atoms with E-state index in [4.69, 9.17) is 5.73 Å². The number of nitrogens with one attached hydrogen (secondary N) is 1. The molecule has 0 radical (unpaired) electrons. The summed E-state index contributed by atoms with van der Waals surface area (Å²) in [5, 5.41) is 2.86. The Balaban J connectivity index is 0.00000289. The Morgan fingerprint density at radius 2 is 2.00 bits per heavy atom. The minimum absolute atomic E-state index is 0. The number of rotatable bonds is 3. The maximum atomic E-state index is 12.1. The predicted octanol–water partition coefficient (Wildman–Crippen LogP) is 0.519. The van der Waals surface area contributed by atoms with Gasteiger partial charge in [-0.25, -0.2) is 0 Å². The minimum atomic E-state index is -0.439. The second-order valence-corrected chi connectivity index (χ2v) is 5.09. The van der Waals surface area contributed by atoms with Crippen LogP contribution in [0.5, 0.6) is 0 Å². The van der Waals surface area contributed by atoms with Gasteiger partial charge >= 0.3 is 0 Å². The highest BCUT2D eigenvalue weighted by atomic mass is 35.5. The second-order valence-electron chi connectivity index (χ2n) is 5.09. The number of hydrogen-bond acceptors (Lipinski definition) is 3. The van der Waals surface area contributed by atoms with Gasteiger partial charge in [0.2, 0.25) is 11.8 Å². The standard InChI is InChI=1S/C12H23N3O2.ClH/c1-8(2)11(13)12(17)15-6-4-5-10(7-15)14-9(3)16;/h8,10-11H,4-7,13H2,1-3H3,(H,14,16);1H/t10?,11-;/m1./s1. The summed E-state index contributed by atoms with van der Waals surface area (Å²) >= 11 is 0. The van der Waals surface area contributed by atoms with Crippen LogP contribution in [0.1, 0.15) is 33.6 Å². The lowest BCUT2D eigenvalue weighted by atomic mass is 10.0. The van der Waals surface area contributed by atoms with Crippen LogP contribution >= 0.6 is 12.4 Å². The number of halogens is 1. The monoisotopic (exact) mass is 277 g/mol. The van der Waals surface area contributed by atoms with E-state index in [1.54, 1.807) is 4.90 Å². The van der Waals surface area contributed by atoms with Gasteiger partial charge in [-0.05, 0) is 18.8 Å². The molecule has 2 atom stereocenters. The summed E-state index contributed by atoms with van der Waals surface area (Å²) in [4.78, 5) is 24.8. The van der Waals surface area contributed by atoms with Gasteiger partial charge in [0.05, 0.1) is 6.04 Å². The molecule has 0 spiro atoms. The normalized spacial score (nSPS) is 21.2. The van der Waals surface area contributed by atoms with E-state index in [9.17, 15) is 9.59 Å². The van der Waals surface area contributed by atoms with Gasteiger partial charge in [0.1, 0.15) is 0 Å². The van der Waals surface area contributed by atoms with Crippen molar-refractivity contribution in [3.8, 4) is 0 Å². The first-order valence-corrected chi connectivity index (χ1v) is 6.23. The average Bonchev–Trinajstić information content (AvgIpc) is 2.26. The first-order chi connectivity index (χ1) is 7.91. The van der Waals surface area contributed by atoms with Gasteiger partial charge in [0.25, 0.3) is 0 Å². The largest absolute Gasteiger partial charge is 0.352 e. The zero-order chi connectivity index (χ0) is 13.0. The molecule has 1 heterocycles. The Hall–Kier alpha value is -0.810. The molecule has 0 aromatic heterocycles. The first-order valence-electron chi connectivity index (χ1n) is 6.23. The van der Waals surface area contributed by atoms with Crippen molar-refractivity contribution < 1.29 is 9.59 Å². The summed E-state index contributed by atoms with van der Waals surface area (Å²) < 4.78 is 0. The minimum Gasteiger partial charge on any atom is -0.352 e. The van der Waals surface area contributed by atoms with E-state index < -0.39 is 6.04 Å². The molecule has 6 heteroatoms. The first kappa shape index (κ1) is 17.2. The molecule has 106 valence electrons. The van der Waals surface area contributed by atoms with E-state index in [1.807, 2.05) is 13.8 Å². The third-order valence-corrected chi connectivity index (χ3v) is 3.14. The molecule has 1 saturated heterocycles. The summed E-state index contributed by atoms with van der Waals surface area (Å²) in [6, 6.07) is -0.365. The molecule has 1 aliphatic rings. The van der Waals surface area contributed by atoms with Crippen molar-refractivity contribution >= 4 is 24.2 Å². The molecule has 1 aliphatic heterocycles. The topological polar surface area (TPSA) is 75.4 Å². The van der Waals surface area contributed by atoms with Crippen LogP contribution in [-0.2, 0) is 9.59 Å². The van der Waals surface area contributed by atoms with Gasteiger partial charge in [-0.3, -0.25) is 9.59 Å². The van der Waals surface area contributed by atoms with Crippen molar-refractivity contribution in [2.75, 3.05) is 13.1 Å². The third kappa shape index (κ3) is 4.82. The van der Waals surface area contributed by atoms with E-state index in [-0.39, 0.29) is 36.2 Å². The number of carbonyl (C=O) groups is 2. The Labute approximate surface area is 115 Å². The lowest BCUT2D eigenvalue weighted by Crippen LogP contribution is -2.54. The Morgan fingerprint density at radius 1 is 1.39 bits per heavy atom. The molecule has 1 rings (SSSR count). The zero-order valence-electron chi connectivity index (χ0n) is 11.3. The second kappa shape index (κ2) is 7.59. The van der Waals surface area contributed by atoms with Crippen molar-refractivity contribution in [3.05, 3.63) is 0 Å². The fraction of sp³-hybridized carbons (Fsp3) is 0.833. The van der Waals surface area contributed by atoms with Crippen molar-refractivity contribution in [3.63, 3.8) is 0 Å². The van der Waals surface area contributed by atoms with Crippen LogP contribution in [0.25, 0.3) is 0 Å². The number of likely N-dealkylation sites (tertiary alicyclic amines) is 1. The van der Waals surface area contributed by atoms with E-state index in [0.717, 1.165) is 19.4 Å². The van der Waals surface area contributed by atoms with Crippen LogP contribution in [0.15, 0.2) is 0 Å². The van der Waals surface area contributed by atoms with E-state index in [2.05, 4.69) is 5.32 Å². The molecule has 2 amide bonds. The summed E-state index contributed by atoms with van der Waals surface area (Å²) in [5.74, 6) is 0.0937. The molecule has 5 nitrogen and oxygen atoms in total. The molecule has 0 aromatic rings. The quantitative estimate of drug-likeness (QED) is 0.790. The zero-order valence-corrected chi connectivity index (χ0v) is 12.1. The molecular formula is C12H24ClN3O2. The van der Waals surface area contributed by atoms with Crippen LogP contribution in [0.4, 0.5) is 0 Å². The third-order valence-electron chi connectivity index (χ3n) is 3.14. The Bertz CT molecular complexity index is 297. The van der Waals surface area contributed by atoms with Crippen molar-refractivity contribution in [2.24, 2.45) is 11.7 Å². The summed E-state index contributed by atoms with van der Waals surface area (Å²) in [6.07, 6.45) is 1.85. The van der Waals surface area contributed by atoms with Gasteiger partial charge in [-0.2, -0.15) is 0 Å². The number of piperidine rings is 1. The van der Waals surface area contributed by atoms with E-state index in [0.29, 0.717) is 6.54 Å². The van der Waals surface area contributed by atoms with Gasteiger partial charge in [0.15, 0.2) is 0 Å². The van der Waals surface area contributed by atoms with Gasteiger partial charge in [-0.1, -0.05) is 13.8 Å². The fourth-order valence-electron chi connectivity index (χ4n) is 2.08. The highest BCUT2D eigenvalue weighted by Gasteiger charge is 2.28. The Kier molecular flexibility index (Phi) is 7.25. The SMILES string of the molecule is CC(=O)NC1CCCN(C(=O)[C@H](N)C(C)C)C1.Cl. The van der Waals surface area contributed by atoms with Crippen molar-refractivity contribution in [1.29, 1.82) is 0 Å². The average molecular weight is 278 g/mol. The Morgan fingerprint density at radius 3 is 2.50 bits per heavy atom. The lowest BCUT2D eigenvalue weighted by Gasteiger charge is -2.35. The number of nitrogens with two attached hydrogens (primary N) is 1. The molecule has 18 heavy (non-hydrogen) atoms. The highest BCUT2D eigenvalue weighted by molar-refractivity contribution is 5.85. The molecule has 0 aromatic carbocycles. The number of amides is 2. The molecule has 0 saturated carbocycles. The summed E-state index contributed by atoms with van der Waals surface area (Å²) in [7, 11) is 0. The smallest absolute Gasteiger partial charge is 0.239 e. The van der Waals surface area contributed by atoms with E-state index in [1.165, 1.54) is 6.92 Å². The van der Waals surface area contributed by atoms with Gasteiger partial charge in [-0.15, -0.1) is 12.4 Å². The summed E-state index contributed by atoms with van der Waals surface area (Å²) in [6.45, 7) is 6.71. The van der Waals surface area contributed by atoms with Crippen molar-refractivity contribution in [1.82, 2.24) is 10.2 Å². The predicted molar refractivity (Wildman–Crippen MR) is 73.5 cm³/mol. The van der Waals surface area contributed by atoms with Crippen LogP contribution in [0.2, 0.25) is 0 Å². The van der Waals surface area contributed by atoms with Crippen molar-refractivity contribution in [2.45, 2.75) is 45.7 Å². The molecule has 1 fully saturated rings. The molecule has 0 bridgehead atoms. The molecule has 1 unspecified atom stereocenters. The highest BCUT2D eigenvalue weighted by Crippen LogP contribution is 2.13. The fourth-order valence-corrected chi connectivity index (χ4v) is 2.08. The molecular weight excluding hydrogens is 254 g/mol. The van der Waals surface area contributed by atoms with Gasteiger partial charge in [0, 0.05) is 26.1 Å². The summed E-state index contributed by atoms with van der Waals surface area (Å²) in [5.41, 5.74) is 5.86. The van der Waals surface area contributed by atoms with Crippen LogP contribution in [0, 0.1) is 5.92 Å². The maximum absolute atomic E-state index is 12.1. The van der Waals surface area contributed by atoms with E-state index >= 15 is 0 Å². The molecule has 0 aliphatic carbocycles. The van der Waals surface area contributed by atoms with Gasteiger partial charge < -0.3 is 16.0 Å².